The molecule has 1 fully saturated rings. The summed E-state index contributed by atoms with van der Waals surface area (Å²) in [6.45, 7) is 4.74. The number of ether oxygens (including phenoxy) is 2. The maximum Gasteiger partial charge on any atom is 0.208 e. The fourth-order valence-electron chi connectivity index (χ4n) is 2.67. The topological polar surface area (TPSA) is 55.9 Å². The van der Waals surface area contributed by atoms with Crippen LogP contribution in [0.1, 0.15) is 24.5 Å². The minimum absolute atomic E-state index is 0.312. The van der Waals surface area contributed by atoms with E-state index in [0.29, 0.717) is 24.5 Å². The van der Waals surface area contributed by atoms with Crippen LogP contribution < -0.4 is 0 Å². The zero-order chi connectivity index (χ0) is 17.2. The summed E-state index contributed by atoms with van der Waals surface area (Å²) in [6, 6.07) is 16.8. The highest BCUT2D eigenvalue weighted by Gasteiger charge is 2.60. The van der Waals surface area contributed by atoms with Crippen LogP contribution >= 0.6 is 0 Å². The van der Waals surface area contributed by atoms with Gasteiger partial charge in [0.25, 0.3) is 0 Å². The van der Waals surface area contributed by atoms with Crippen LogP contribution in [0.25, 0.3) is 0 Å². The lowest BCUT2D eigenvalue weighted by Gasteiger charge is -2.08. The molecule has 0 aromatic heterocycles. The molecular formula is C19H22O4S. The smallest absolute Gasteiger partial charge is 0.208 e. The van der Waals surface area contributed by atoms with Gasteiger partial charge in [0.05, 0.1) is 11.5 Å². The molecule has 2 aromatic carbocycles. The Morgan fingerprint density at radius 1 is 1.08 bits per heavy atom. The summed E-state index contributed by atoms with van der Waals surface area (Å²) in [6.07, 6.45) is 0.551. The Labute approximate surface area is 143 Å². The van der Waals surface area contributed by atoms with E-state index in [1.165, 1.54) is 0 Å². The van der Waals surface area contributed by atoms with Crippen molar-refractivity contribution in [3.8, 4) is 0 Å². The van der Waals surface area contributed by atoms with Crippen molar-refractivity contribution in [3.05, 3.63) is 65.7 Å². The van der Waals surface area contributed by atoms with Crippen molar-refractivity contribution in [2.45, 2.75) is 42.8 Å². The molecular weight excluding hydrogens is 324 g/mol. The van der Waals surface area contributed by atoms with Crippen LogP contribution in [0.3, 0.4) is 0 Å². The molecule has 1 aliphatic heterocycles. The van der Waals surface area contributed by atoms with Gasteiger partial charge in [-0.2, -0.15) is 0 Å². The maximum atomic E-state index is 12.6. The minimum Gasteiger partial charge on any atom is -0.377 e. The summed E-state index contributed by atoms with van der Waals surface area (Å²) in [5.74, 6) is 0. The number of aryl methyl sites for hydroxylation is 1. The van der Waals surface area contributed by atoms with Crippen LogP contribution in [-0.2, 0) is 25.9 Å². The summed E-state index contributed by atoms with van der Waals surface area (Å²) >= 11 is 0. The summed E-state index contributed by atoms with van der Waals surface area (Å²) in [5.41, 5.74) is 0.680. The lowest BCUT2D eigenvalue weighted by molar-refractivity contribution is 0.102. The number of rotatable bonds is 7. The van der Waals surface area contributed by atoms with Crippen molar-refractivity contribution in [1.29, 1.82) is 0 Å². The fraction of sp³-hybridized carbons (Fsp3) is 0.368. The molecule has 0 spiro atoms. The van der Waals surface area contributed by atoms with Gasteiger partial charge >= 0.3 is 0 Å². The molecule has 0 amide bonds. The Bertz CT molecular complexity index is 784. The SMILES string of the molecule is Cc1ccc(S(=O)(=O)[C@H]2O[C@@]2(C)CCOCc2ccccc2)cc1. The van der Waals surface area contributed by atoms with Crippen molar-refractivity contribution in [3.63, 3.8) is 0 Å². The Morgan fingerprint density at radius 2 is 1.75 bits per heavy atom. The van der Waals surface area contributed by atoms with Crippen molar-refractivity contribution in [1.82, 2.24) is 0 Å². The molecule has 5 heteroatoms. The highest BCUT2D eigenvalue weighted by Crippen LogP contribution is 2.45. The number of hydrogen-bond acceptors (Lipinski definition) is 4. The average Bonchev–Trinajstić information content (AvgIpc) is 3.26. The van der Waals surface area contributed by atoms with E-state index in [1.807, 2.05) is 44.2 Å². The summed E-state index contributed by atoms with van der Waals surface area (Å²) in [5, 5.41) is 0. The molecule has 4 nitrogen and oxygen atoms in total. The third kappa shape index (κ3) is 3.69. The van der Waals surface area contributed by atoms with Gasteiger partial charge < -0.3 is 9.47 Å². The van der Waals surface area contributed by atoms with Crippen molar-refractivity contribution < 1.29 is 17.9 Å². The Kier molecular flexibility index (Phi) is 4.76. The first kappa shape index (κ1) is 17.1. The highest BCUT2D eigenvalue weighted by molar-refractivity contribution is 7.92. The summed E-state index contributed by atoms with van der Waals surface area (Å²) in [7, 11) is -3.46. The van der Waals surface area contributed by atoms with E-state index in [9.17, 15) is 8.42 Å². The van der Waals surface area contributed by atoms with Gasteiger partial charge in [-0.15, -0.1) is 0 Å². The second-order valence-electron chi connectivity index (χ2n) is 6.41. The molecule has 2 atom stereocenters. The molecule has 0 N–H and O–H groups in total. The number of hydrogen-bond donors (Lipinski definition) is 0. The monoisotopic (exact) mass is 346 g/mol. The molecule has 0 aliphatic carbocycles. The van der Waals surface area contributed by atoms with Crippen molar-refractivity contribution >= 4 is 9.84 Å². The highest BCUT2D eigenvalue weighted by atomic mass is 32.2. The largest absolute Gasteiger partial charge is 0.377 e. The average molecular weight is 346 g/mol. The standard InChI is InChI=1S/C19H22O4S/c1-15-8-10-17(11-9-15)24(20,21)18-19(2,23-18)12-13-22-14-16-6-4-3-5-7-16/h3-11,18H,12-14H2,1-2H3/t18-,19+/m1/s1. The van der Waals surface area contributed by atoms with Gasteiger partial charge in [0.15, 0.2) is 5.44 Å². The predicted molar refractivity (Wildman–Crippen MR) is 92.4 cm³/mol. The zero-order valence-corrected chi connectivity index (χ0v) is 14.8. The van der Waals surface area contributed by atoms with Gasteiger partial charge in [-0.05, 0) is 31.5 Å². The number of epoxide rings is 1. The van der Waals surface area contributed by atoms with Gasteiger partial charge in [0.1, 0.15) is 5.60 Å². The van der Waals surface area contributed by atoms with Gasteiger partial charge in [-0.3, -0.25) is 0 Å². The Hall–Kier alpha value is -1.69. The molecule has 0 bridgehead atoms. The van der Waals surface area contributed by atoms with E-state index < -0.39 is 20.9 Å². The van der Waals surface area contributed by atoms with Gasteiger partial charge in [-0.1, -0.05) is 48.0 Å². The second-order valence-corrected chi connectivity index (χ2v) is 8.40. The van der Waals surface area contributed by atoms with E-state index >= 15 is 0 Å². The molecule has 0 radical (unpaired) electrons. The predicted octanol–water partition coefficient (Wildman–Crippen LogP) is 3.49. The molecule has 3 rings (SSSR count). The zero-order valence-electron chi connectivity index (χ0n) is 13.9. The van der Waals surface area contributed by atoms with Crippen LogP contribution in [0.2, 0.25) is 0 Å². The molecule has 0 unspecified atom stereocenters. The summed E-state index contributed by atoms with van der Waals surface area (Å²) in [4.78, 5) is 0.312. The number of sulfone groups is 1. The van der Waals surface area contributed by atoms with Crippen LogP contribution in [0.4, 0.5) is 0 Å². The van der Waals surface area contributed by atoms with E-state index in [4.69, 9.17) is 9.47 Å². The van der Waals surface area contributed by atoms with Crippen LogP contribution in [-0.4, -0.2) is 26.1 Å². The quantitative estimate of drug-likeness (QED) is 0.569. The first-order chi connectivity index (χ1) is 11.4. The molecule has 24 heavy (non-hydrogen) atoms. The van der Waals surface area contributed by atoms with E-state index in [1.54, 1.807) is 24.3 Å². The lowest BCUT2D eigenvalue weighted by atomic mass is 10.1. The molecule has 128 valence electrons. The van der Waals surface area contributed by atoms with E-state index in [-0.39, 0.29) is 0 Å². The molecule has 1 saturated heterocycles. The third-order valence-electron chi connectivity index (χ3n) is 4.30. The second kappa shape index (κ2) is 6.67. The van der Waals surface area contributed by atoms with Crippen LogP contribution in [0.5, 0.6) is 0 Å². The fourth-order valence-corrected chi connectivity index (χ4v) is 4.55. The van der Waals surface area contributed by atoms with Crippen LogP contribution in [0, 0.1) is 6.92 Å². The van der Waals surface area contributed by atoms with Crippen molar-refractivity contribution in [2.24, 2.45) is 0 Å². The molecule has 1 aliphatic rings. The van der Waals surface area contributed by atoms with E-state index in [2.05, 4.69) is 0 Å². The lowest BCUT2D eigenvalue weighted by Crippen LogP contribution is -2.20. The number of benzene rings is 2. The maximum absolute atomic E-state index is 12.6. The van der Waals surface area contributed by atoms with Gasteiger partial charge in [0.2, 0.25) is 9.84 Å². The molecule has 1 heterocycles. The van der Waals surface area contributed by atoms with Gasteiger partial charge in [-0.25, -0.2) is 8.42 Å². The molecule has 2 aromatic rings. The minimum atomic E-state index is -3.46. The summed E-state index contributed by atoms with van der Waals surface area (Å²) < 4.78 is 36.4. The normalized spacial score (nSPS) is 23.2. The van der Waals surface area contributed by atoms with E-state index in [0.717, 1.165) is 11.1 Å². The first-order valence-electron chi connectivity index (χ1n) is 8.02. The third-order valence-corrected chi connectivity index (χ3v) is 6.39. The van der Waals surface area contributed by atoms with Crippen LogP contribution in [0.15, 0.2) is 59.5 Å². The van der Waals surface area contributed by atoms with Gasteiger partial charge in [0, 0.05) is 13.0 Å². The Morgan fingerprint density at radius 3 is 2.42 bits per heavy atom. The molecule has 0 saturated carbocycles. The Balaban J connectivity index is 1.54. The first-order valence-corrected chi connectivity index (χ1v) is 9.56. The van der Waals surface area contributed by atoms with Crippen molar-refractivity contribution in [2.75, 3.05) is 6.61 Å².